The van der Waals surface area contributed by atoms with Gasteiger partial charge in [0.05, 0.1) is 18.5 Å². The zero-order valence-electron chi connectivity index (χ0n) is 28.0. The van der Waals surface area contributed by atoms with Crippen molar-refractivity contribution in [1.82, 2.24) is 10.6 Å². The second-order valence-electron chi connectivity index (χ2n) is 13.4. The Morgan fingerprint density at radius 1 is 0.830 bits per heavy atom. The van der Waals surface area contributed by atoms with E-state index < -0.39 is 41.6 Å². The van der Waals surface area contributed by atoms with Crippen LogP contribution in [0.15, 0.2) is 72.8 Å². The average molecular weight is 641 g/mol. The molecule has 0 aliphatic heterocycles. The molecule has 2 N–H and O–H groups in total. The standard InChI is InChI=1S/C39H48N2O6/c1-5-26(4)36(41-38(45)32(19-25(2)3)23-35(43)47-24-28-11-7-6-8-12-28)37(44)39(46)40-33(34(42)22-27-15-16-27)21-29-17-18-30-13-9-10-14-31(30)20-29/h6-14,17-18,20,25-27,32-33,36H,5,15-16,19,21-24H2,1-4H3,(H,40,46)(H,41,45)/t26-,32+,33-,36?/m0/s1. The number of fused-ring (bicyclic) bond motifs is 1. The molecule has 1 fully saturated rings. The fourth-order valence-electron chi connectivity index (χ4n) is 5.79. The second-order valence-corrected chi connectivity index (χ2v) is 13.4. The highest BCUT2D eigenvalue weighted by molar-refractivity contribution is 6.39. The summed E-state index contributed by atoms with van der Waals surface area (Å²) in [6.45, 7) is 7.68. The summed E-state index contributed by atoms with van der Waals surface area (Å²) in [5.41, 5.74) is 1.72. The zero-order valence-corrected chi connectivity index (χ0v) is 28.0. The molecule has 0 saturated heterocycles. The van der Waals surface area contributed by atoms with Crippen molar-refractivity contribution < 1.29 is 28.7 Å². The van der Waals surface area contributed by atoms with Crippen LogP contribution in [0.3, 0.4) is 0 Å². The molecule has 8 nitrogen and oxygen atoms in total. The van der Waals surface area contributed by atoms with Crippen LogP contribution in [-0.2, 0) is 41.7 Å². The van der Waals surface area contributed by atoms with Gasteiger partial charge in [-0.2, -0.15) is 0 Å². The Bertz CT molecular complexity index is 1550. The number of ether oxygens (including phenoxy) is 1. The van der Waals surface area contributed by atoms with Crippen LogP contribution in [-0.4, -0.2) is 41.4 Å². The molecule has 1 aliphatic rings. The quantitative estimate of drug-likeness (QED) is 0.128. The molecule has 0 spiro atoms. The normalized spacial score (nSPS) is 15.3. The third kappa shape index (κ3) is 10.9. The SMILES string of the molecule is CC[C@H](C)C(NC(=O)[C@@H](CC(=O)OCc1ccccc1)CC(C)C)C(=O)C(=O)N[C@@H](Cc1ccc2ccccc2c1)C(=O)CC1CC1. The third-order valence-electron chi connectivity index (χ3n) is 8.93. The molecular weight excluding hydrogens is 592 g/mol. The van der Waals surface area contributed by atoms with Gasteiger partial charge in [0.1, 0.15) is 6.61 Å². The van der Waals surface area contributed by atoms with Gasteiger partial charge in [0.25, 0.3) is 5.91 Å². The fourth-order valence-corrected chi connectivity index (χ4v) is 5.79. The molecule has 1 saturated carbocycles. The Labute approximate surface area is 278 Å². The Balaban J connectivity index is 1.45. The number of hydrogen-bond acceptors (Lipinski definition) is 6. The predicted octanol–water partition coefficient (Wildman–Crippen LogP) is 6.13. The lowest BCUT2D eigenvalue weighted by molar-refractivity contribution is -0.149. The van der Waals surface area contributed by atoms with Crippen molar-refractivity contribution in [3.05, 3.63) is 83.9 Å². The van der Waals surface area contributed by atoms with Crippen molar-refractivity contribution in [2.75, 3.05) is 0 Å². The van der Waals surface area contributed by atoms with Crippen LogP contribution in [0.2, 0.25) is 0 Å². The van der Waals surface area contributed by atoms with Crippen molar-refractivity contribution in [2.24, 2.45) is 23.7 Å². The number of Topliss-reactive ketones (excluding diaryl/α,β-unsaturated/α-hetero) is 2. The Hall–Kier alpha value is -4.33. The summed E-state index contributed by atoms with van der Waals surface area (Å²) >= 11 is 0. The molecule has 2 amide bonds. The van der Waals surface area contributed by atoms with Crippen molar-refractivity contribution in [3.63, 3.8) is 0 Å². The Morgan fingerprint density at radius 2 is 1.51 bits per heavy atom. The van der Waals surface area contributed by atoms with E-state index in [0.717, 1.165) is 34.7 Å². The first-order chi connectivity index (χ1) is 22.5. The molecule has 8 heteroatoms. The summed E-state index contributed by atoms with van der Waals surface area (Å²) in [5, 5.41) is 7.65. The summed E-state index contributed by atoms with van der Waals surface area (Å²) in [6, 6.07) is 21.2. The number of benzene rings is 3. The van der Waals surface area contributed by atoms with Crippen LogP contribution in [0.5, 0.6) is 0 Å². The minimum Gasteiger partial charge on any atom is -0.461 e. The van der Waals surface area contributed by atoms with Gasteiger partial charge in [0, 0.05) is 12.3 Å². The lowest BCUT2D eigenvalue weighted by atomic mass is 9.90. The molecule has 4 atom stereocenters. The number of hydrogen-bond donors (Lipinski definition) is 2. The van der Waals surface area contributed by atoms with Crippen LogP contribution in [0.1, 0.15) is 77.3 Å². The van der Waals surface area contributed by atoms with E-state index >= 15 is 0 Å². The third-order valence-corrected chi connectivity index (χ3v) is 8.93. The molecule has 1 unspecified atom stereocenters. The minimum atomic E-state index is -1.11. The van der Waals surface area contributed by atoms with E-state index in [1.54, 1.807) is 6.92 Å². The highest BCUT2D eigenvalue weighted by Gasteiger charge is 2.36. The number of rotatable bonds is 18. The maximum absolute atomic E-state index is 13.7. The molecule has 0 heterocycles. The number of esters is 1. The van der Waals surface area contributed by atoms with Crippen molar-refractivity contribution in [3.8, 4) is 0 Å². The first-order valence-corrected chi connectivity index (χ1v) is 16.9. The number of carbonyl (C=O) groups excluding carboxylic acids is 5. The largest absolute Gasteiger partial charge is 0.461 e. The van der Waals surface area contributed by atoms with E-state index in [-0.39, 0.29) is 37.1 Å². The summed E-state index contributed by atoms with van der Waals surface area (Å²) in [5.74, 6) is -3.45. The van der Waals surface area contributed by atoms with Gasteiger partial charge in [-0.1, -0.05) is 107 Å². The lowest BCUT2D eigenvalue weighted by Gasteiger charge is -2.27. The van der Waals surface area contributed by atoms with Gasteiger partial charge in [-0.25, -0.2) is 0 Å². The zero-order chi connectivity index (χ0) is 33.9. The minimum absolute atomic E-state index is 0.0991. The van der Waals surface area contributed by atoms with Gasteiger partial charge in [-0.15, -0.1) is 0 Å². The van der Waals surface area contributed by atoms with Gasteiger partial charge in [-0.05, 0) is 65.3 Å². The molecule has 4 rings (SSSR count). The van der Waals surface area contributed by atoms with Crippen LogP contribution < -0.4 is 10.6 Å². The fraction of sp³-hybridized carbons (Fsp3) is 0.462. The number of carbonyl (C=O) groups is 5. The van der Waals surface area contributed by atoms with Gasteiger partial charge >= 0.3 is 5.97 Å². The van der Waals surface area contributed by atoms with Crippen LogP contribution >= 0.6 is 0 Å². The molecule has 3 aromatic rings. The molecule has 250 valence electrons. The predicted molar refractivity (Wildman–Crippen MR) is 182 cm³/mol. The molecular formula is C39H48N2O6. The van der Waals surface area contributed by atoms with Crippen LogP contribution in [0, 0.1) is 23.7 Å². The van der Waals surface area contributed by atoms with Gasteiger partial charge in [-0.3, -0.25) is 24.0 Å². The highest BCUT2D eigenvalue weighted by atomic mass is 16.5. The number of nitrogens with one attached hydrogen (secondary N) is 2. The van der Waals surface area contributed by atoms with Gasteiger partial charge < -0.3 is 15.4 Å². The van der Waals surface area contributed by atoms with E-state index in [9.17, 15) is 24.0 Å². The van der Waals surface area contributed by atoms with E-state index in [4.69, 9.17) is 4.74 Å². The van der Waals surface area contributed by atoms with Crippen LogP contribution in [0.4, 0.5) is 0 Å². The van der Waals surface area contributed by atoms with E-state index in [0.29, 0.717) is 25.2 Å². The molecule has 0 bridgehead atoms. The Kier molecular flexibility index (Phi) is 12.9. The number of ketones is 2. The highest BCUT2D eigenvalue weighted by Crippen LogP contribution is 2.33. The van der Waals surface area contributed by atoms with Gasteiger partial charge in [0.15, 0.2) is 5.78 Å². The second kappa shape index (κ2) is 17.0. The monoisotopic (exact) mass is 640 g/mol. The topological polar surface area (TPSA) is 119 Å². The molecule has 47 heavy (non-hydrogen) atoms. The maximum atomic E-state index is 13.7. The lowest BCUT2D eigenvalue weighted by Crippen LogP contribution is -2.54. The molecule has 0 aromatic heterocycles. The smallest absolute Gasteiger partial charge is 0.306 e. The van der Waals surface area contributed by atoms with E-state index in [1.807, 2.05) is 93.6 Å². The summed E-state index contributed by atoms with van der Waals surface area (Å²) < 4.78 is 5.44. The van der Waals surface area contributed by atoms with Crippen molar-refractivity contribution in [1.29, 1.82) is 0 Å². The summed E-state index contributed by atoms with van der Waals surface area (Å²) in [7, 11) is 0. The van der Waals surface area contributed by atoms with Gasteiger partial charge in [0.2, 0.25) is 11.7 Å². The Morgan fingerprint density at radius 3 is 2.17 bits per heavy atom. The average Bonchev–Trinajstić information content (AvgIpc) is 3.89. The number of amides is 2. The first-order valence-electron chi connectivity index (χ1n) is 16.9. The van der Waals surface area contributed by atoms with E-state index in [2.05, 4.69) is 10.6 Å². The molecule has 3 aromatic carbocycles. The maximum Gasteiger partial charge on any atom is 0.306 e. The summed E-state index contributed by atoms with van der Waals surface area (Å²) in [4.78, 5) is 66.9. The van der Waals surface area contributed by atoms with E-state index in [1.165, 1.54) is 0 Å². The van der Waals surface area contributed by atoms with Crippen LogP contribution in [0.25, 0.3) is 10.8 Å². The first kappa shape index (κ1) is 35.5. The summed E-state index contributed by atoms with van der Waals surface area (Å²) in [6.07, 6.45) is 3.38. The van der Waals surface area contributed by atoms with Crippen molar-refractivity contribution in [2.45, 2.75) is 91.3 Å². The molecule has 0 radical (unpaired) electrons. The van der Waals surface area contributed by atoms with Crippen molar-refractivity contribution >= 4 is 40.1 Å². The molecule has 1 aliphatic carbocycles.